The van der Waals surface area contributed by atoms with Crippen molar-refractivity contribution in [2.24, 2.45) is 0 Å². The Morgan fingerprint density at radius 1 is 1.00 bits per heavy atom. The number of hydrogen-bond donors (Lipinski definition) is 0. The average Bonchev–Trinajstić information content (AvgIpc) is 3.10. The molecule has 0 N–H and O–H groups in total. The molecule has 1 aromatic carbocycles. The van der Waals surface area contributed by atoms with E-state index in [-0.39, 0.29) is 14.9 Å². The van der Waals surface area contributed by atoms with Gasteiger partial charge in [0.1, 0.15) is 21.9 Å². The maximum Gasteiger partial charge on any atom is 0.246 e. The molecule has 0 amide bonds. The first-order valence-electron chi connectivity index (χ1n) is 7.86. The molecule has 1 aliphatic heterocycles. The largest absolute Gasteiger partial charge is 0.353 e. The third-order valence-corrected chi connectivity index (χ3v) is 7.97. The van der Waals surface area contributed by atoms with Crippen molar-refractivity contribution in [3.63, 3.8) is 0 Å². The summed E-state index contributed by atoms with van der Waals surface area (Å²) in [5.74, 6) is 0.837. The fourth-order valence-electron chi connectivity index (χ4n) is 3.03. The van der Waals surface area contributed by atoms with E-state index < -0.39 is 10.0 Å². The van der Waals surface area contributed by atoms with Crippen LogP contribution < -0.4 is 4.90 Å². The highest BCUT2D eigenvalue weighted by Crippen LogP contribution is 2.33. The van der Waals surface area contributed by atoms with Gasteiger partial charge in [0.25, 0.3) is 0 Å². The molecule has 0 unspecified atom stereocenters. The fraction of sp³-hybridized carbons (Fsp3) is 0.250. The quantitative estimate of drug-likeness (QED) is 0.638. The minimum atomic E-state index is -3.75. The second kappa shape index (κ2) is 6.94. The number of sulfonamides is 1. The summed E-state index contributed by atoms with van der Waals surface area (Å²) in [5, 5.41) is 3.23. The van der Waals surface area contributed by atoms with Crippen molar-refractivity contribution < 1.29 is 8.42 Å². The molecule has 3 aromatic rings. The lowest BCUT2D eigenvalue weighted by atomic mass is 10.3. The zero-order valence-electron chi connectivity index (χ0n) is 13.5. The highest BCUT2D eigenvalue weighted by molar-refractivity contribution is 7.89. The molecule has 0 atom stereocenters. The molecule has 1 saturated heterocycles. The zero-order chi connectivity index (χ0) is 18.3. The van der Waals surface area contributed by atoms with Crippen molar-refractivity contribution in [1.82, 2.24) is 14.3 Å². The van der Waals surface area contributed by atoms with Crippen molar-refractivity contribution in [3.8, 4) is 0 Å². The van der Waals surface area contributed by atoms with Gasteiger partial charge in [0, 0.05) is 26.2 Å². The Bertz CT molecular complexity index is 1040. The van der Waals surface area contributed by atoms with Gasteiger partial charge in [-0.1, -0.05) is 29.3 Å². The molecule has 10 heteroatoms. The van der Waals surface area contributed by atoms with Crippen LogP contribution in [0.2, 0.25) is 10.0 Å². The van der Waals surface area contributed by atoms with E-state index in [0.717, 1.165) is 16.0 Å². The van der Waals surface area contributed by atoms with Crippen LogP contribution >= 0.6 is 34.5 Å². The van der Waals surface area contributed by atoms with E-state index in [1.807, 2.05) is 11.4 Å². The van der Waals surface area contributed by atoms with Crippen molar-refractivity contribution in [1.29, 1.82) is 0 Å². The molecule has 1 fully saturated rings. The second-order valence-corrected chi connectivity index (χ2v) is 9.36. The SMILES string of the molecule is O=S(=O)(c1c(Cl)cccc1Cl)N1CCN(c2ncnc3sccc23)CC1. The number of aromatic nitrogens is 2. The first-order valence-corrected chi connectivity index (χ1v) is 10.9. The highest BCUT2D eigenvalue weighted by Gasteiger charge is 2.32. The molecule has 26 heavy (non-hydrogen) atoms. The molecule has 4 rings (SSSR count). The molecule has 1 aliphatic rings. The van der Waals surface area contributed by atoms with Crippen LogP contribution in [-0.4, -0.2) is 48.9 Å². The van der Waals surface area contributed by atoms with Crippen LogP contribution in [0.25, 0.3) is 10.2 Å². The van der Waals surface area contributed by atoms with E-state index in [0.29, 0.717) is 26.2 Å². The van der Waals surface area contributed by atoms with Gasteiger partial charge in [-0.2, -0.15) is 4.31 Å². The predicted octanol–water partition coefficient (Wildman–Crippen LogP) is 3.51. The second-order valence-electron chi connectivity index (χ2n) is 5.78. The third kappa shape index (κ3) is 3.05. The van der Waals surface area contributed by atoms with Gasteiger partial charge in [-0.15, -0.1) is 11.3 Å². The fourth-order valence-corrected chi connectivity index (χ4v) is 6.27. The van der Waals surface area contributed by atoms with Gasteiger partial charge in [-0.3, -0.25) is 0 Å². The summed E-state index contributed by atoms with van der Waals surface area (Å²) in [7, 11) is -3.75. The lowest BCUT2D eigenvalue weighted by Crippen LogP contribution is -2.49. The topological polar surface area (TPSA) is 66.4 Å². The van der Waals surface area contributed by atoms with Crippen molar-refractivity contribution >= 4 is 60.6 Å². The first-order chi connectivity index (χ1) is 12.5. The average molecular weight is 429 g/mol. The molecule has 0 aliphatic carbocycles. The standard InChI is InChI=1S/C16H14Cl2N4O2S2/c17-12-2-1-3-13(18)14(12)26(23,24)22-7-5-21(6-8-22)15-11-4-9-25-16(11)20-10-19-15/h1-4,9-10H,5-8H2. The van der Waals surface area contributed by atoms with Crippen LogP contribution in [0.15, 0.2) is 40.9 Å². The Kier molecular flexibility index (Phi) is 4.79. The molecule has 2 aromatic heterocycles. The Balaban J connectivity index is 1.58. The van der Waals surface area contributed by atoms with Crippen molar-refractivity contribution in [2.45, 2.75) is 4.90 Å². The van der Waals surface area contributed by atoms with Gasteiger partial charge in [0.15, 0.2) is 0 Å². The maximum atomic E-state index is 13.0. The maximum absolute atomic E-state index is 13.0. The molecule has 0 spiro atoms. The Morgan fingerprint density at radius 2 is 1.69 bits per heavy atom. The lowest BCUT2D eigenvalue weighted by Gasteiger charge is -2.35. The van der Waals surface area contributed by atoms with E-state index in [1.54, 1.807) is 23.7 Å². The normalized spacial score (nSPS) is 16.3. The number of halogens is 2. The summed E-state index contributed by atoms with van der Waals surface area (Å²) in [5.41, 5.74) is 0. The monoisotopic (exact) mass is 428 g/mol. The third-order valence-electron chi connectivity index (χ3n) is 4.30. The van der Waals surface area contributed by atoms with Gasteiger partial charge < -0.3 is 4.90 Å². The van der Waals surface area contributed by atoms with Crippen LogP contribution in [-0.2, 0) is 10.0 Å². The summed E-state index contributed by atoms with van der Waals surface area (Å²) in [6, 6.07) is 6.68. The Morgan fingerprint density at radius 3 is 2.38 bits per heavy atom. The van der Waals surface area contributed by atoms with Crippen LogP contribution in [0.1, 0.15) is 0 Å². The number of nitrogens with zero attached hydrogens (tertiary/aromatic N) is 4. The molecule has 3 heterocycles. The van der Waals surface area contributed by atoms with Gasteiger partial charge in [-0.25, -0.2) is 18.4 Å². The van der Waals surface area contributed by atoms with Crippen LogP contribution in [0.3, 0.4) is 0 Å². The number of anilines is 1. The molecule has 136 valence electrons. The molecular formula is C16H14Cl2N4O2S2. The molecule has 0 saturated carbocycles. The lowest BCUT2D eigenvalue weighted by molar-refractivity contribution is 0.384. The van der Waals surface area contributed by atoms with Crippen molar-refractivity contribution in [3.05, 3.63) is 46.0 Å². The zero-order valence-corrected chi connectivity index (χ0v) is 16.6. The van der Waals surface area contributed by atoms with Crippen LogP contribution in [0, 0.1) is 0 Å². The predicted molar refractivity (Wildman–Crippen MR) is 105 cm³/mol. The summed E-state index contributed by atoms with van der Waals surface area (Å²) < 4.78 is 27.3. The van der Waals surface area contributed by atoms with E-state index in [9.17, 15) is 8.42 Å². The summed E-state index contributed by atoms with van der Waals surface area (Å²) in [6.45, 7) is 1.73. The summed E-state index contributed by atoms with van der Waals surface area (Å²) >= 11 is 13.7. The number of piperazine rings is 1. The van der Waals surface area contributed by atoms with Gasteiger partial charge in [-0.05, 0) is 23.6 Å². The van der Waals surface area contributed by atoms with Crippen LogP contribution in [0.4, 0.5) is 5.82 Å². The smallest absolute Gasteiger partial charge is 0.246 e. The number of hydrogen-bond acceptors (Lipinski definition) is 6. The molecule has 6 nitrogen and oxygen atoms in total. The van der Waals surface area contributed by atoms with E-state index in [2.05, 4.69) is 14.9 Å². The molecule has 0 bridgehead atoms. The molecule has 0 radical (unpaired) electrons. The Labute approximate surface area is 165 Å². The Hall–Kier alpha value is -1.45. The van der Waals surface area contributed by atoms with Gasteiger partial charge >= 0.3 is 0 Å². The summed E-state index contributed by atoms with van der Waals surface area (Å²) in [6.07, 6.45) is 1.54. The van der Waals surface area contributed by atoms with Gasteiger partial charge in [0.2, 0.25) is 10.0 Å². The first kappa shape index (κ1) is 17.9. The summed E-state index contributed by atoms with van der Waals surface area (Å²) in [4.78, 5) is 11.6. The minimum absolute atomic E-state index is 0.0287. The van der Waals surface area contributed by atoms with E-state index >= 15 is 0 Å². The minimum Gasteiger partial charge on any atom is -0.353 e. The van der Waals surface area contributed by atoms with E-state index in [4.69, 9.17) is 23.2 Å². The number of rotatable bonds is 3. The van der Waals surface area contributed by atoms with E-state index in [1.165, 1.54) is 16.4 Å². The number of benzene rings is 1. The number of fused-ring (bicyclic) bond motifs is 1. The van der Waals surface area contributed by atoms with Gasteiger partial charge in [0.05, 0.1) is 15.4 Å². The number of thiophene rings is 1. The molecular weight excluding hydrogens is 415 g/mol. The van der Waals surface area contributed by atoms with Crippen LogP contribution in [0.5, 0.6) is 0 Å². The highest BCUT2D eigenvalue weighted by atomic mass is 35.5. The van der Waals surface area contributed by atoms with Crippen molar-refractivity contribution in [2.75, 3.05) is 31.1 Å².